The van der Waals surface area contributed by atoms with Gasteiger partial charge in [0.2, 0.25) is 0 Å². The van der Waals surface area contributed by atoms with E-state index in [1.165, 1.54) is 17.9 Å². The van der Waals surface area contributed by atoms with Gasteiger partial charge in [0.1, 0.15) is 11.6 Å². The molecule has 0 unspecified atom stereocenters. The maximum atomic E-state index is 13.6. The number of nitrogens with zero attached hydrogens (tertiary/aromatic N) is 1. The summed E-state index contributed by atoms with van der Waals surface area (Å²) in [5.74, 6) is -2.01. The summed E-state index contributed by atoms with van der Waals surface area (Å²) >= 11 is 4.74. The Morgan fingerprint density at radius 1 is 1.37 bits per heavy atom. The number of benzene rings is 1. The number of halogens is 2. The van der Waals surface area contributed by atoms with Crippen LogP contribution in [0.5, 0.6) is 0 Å². The molecule has 0 fully saturated rings. The molecule has 0 saturated carbocycles. The average Bonchev–Trinajstić information content (AvgIpc) is 2.34. The Bertz CT molecular complexity index is 506. The maximum Gasteiger partial charge on any atom is 0.256 e. The molecule has 2 N–H and O–H groups in total. The van der Waals surface area contributed by atoms with Crippen molar-refractivity contribution in [2.75, 3.05) is 13.1 Å². The second kappa shape index (κ2) is 6.56. The van der Waals surface area contributed by atoms with Gasteiger partial charge < -0.3 is 10.6 Å². The van der Waals surface area contributed by atoms with Crippen LogP contribution >= 0.6 is 12.2 Å². The molecule has 1 aromatic carbocycles. The number of nitrogens with two attached hydrogens (primary N) is 1. The molecule has 3 nitrogen and oxygen atoms in total. The Hall–Kier alpha value is -1.56. The van der Waals surface area contributed by atoms with Crippen LogP contribution in [0.3, 0.4) is 0 Å². The van der Waals surface area contributed by atoms with Gasteiger partial charge in [-0.3, -0.25) is 4.79 Å². The fraction of sp³-hybridized carbons (Fsp3) is 0.385. The summed E-state index contributed by atoms with van der Waals surface area (Å²) in [6, 6.07) is 1.94. The molecule has 0 aliphatic heterocycles. The summed E-state index contributed by atoms with van der Waals surface area (Å²) in [6.07, 6.45) is 0.372. The summed E-state index contributed by atoms with van der Waals surface area (Å²) in [5, 5.41) is 0. The molecule has 0 aliphatic rings. The smallest absolute Gasteiger partial charge is 0.256 e. The van der Waals surface area contributed by atoms with Crippen LogP contribution in [0.15, 0.2) is 12.1 Å². The molecule has 1 amide bonds. The van der Waals surface area contributed by atoms with E-state index >= 15 is 0 Å². The highest BCUT2D eigenvalue weighted by molar-refractivity contribution is 7.80. The first kappa shape index (κ1) is 15.5. The van der Waals surface area contributed by atoms with Crippen molar-refractivity contribution in [2.45, 2.75) is 20.3 Å². The van der Waals surface area contributed by atoms with Gasteiger partial charge in [-0.15, -0.1) is 0 Å². The molecule has 1 rings (SSSR count). The molecule has 0 aliphatic carbocycles. The summed E-state index contributed by atoms with van der Waals surface area (Å²) in [4.78, 5) is 13.9. The summed E-state index contributed by atoms with van der Waals surface area (Å²) in [7, 11) is 0. The Balaban J connectivity index is 2.97. The van der Waals surface area contributed by atoms with Gasteiger partial charge in [0.15, 0.2) is 0 Å². The van der Waals surface area contributed by atoms with Crippen molar-refractivity contribution in [1.29, 1.82) is 0 Å². The highest BCUT2D eigenvalue weighted by Gasteiger charge is 2.19. The minimum Gasteiger partial charge on any atom is -0.393 e. The Kier molecular flexibility index (Phi) is 5.35. The van der Waals surface area contributed by atoms with Crippen molar-refractivity contribution < 1.29 is 13.6 Å². The summed E-state index contributed by atoms with van der Waals surface area (Å²) in [6.45, 7) is 3.97. The van der Waals surface area contributed by atoms with Gasteiger partial charge in [-0.2, -0.15) is 0 Å². The predicted octanol–water partition coefficient (Wildman–Crippen LogP) is 2.41. The fourth-order valence-electron chi connectivity index (χ4n) is 1.64. The van der Waals surface area contributed by atoms with Crippen molar-refractivity contribution in [2.24, 2.45) is 5.73 Å². The first-order valence-corrected chi connectivity index (χ1v) is 6.30. The standard InChI is InChI=1S/C13H16F2N2OS/c1-3-17(5-4-12(16)19)13(18)9-6-8(2)10(14)7-11(9)15/h6-7H,3-5H2,1-2H3,(H2,16,19). The number of amides is 1. The van der Waals surface area contributed by atoms with E-state index < -0.39 is 17.5 Å². The van der Waals surface area contributed by atoms with Crippen LogP contribution in [-0.2, 0) is 0 Å². The van der Waals surface area contributed by atoms with Crippen LogP contribution in [-0.4, -0.2) is 28.9 Å². The molecule has 0 atom stereocenters. The minimum atomic E-state index is -0.859. The number of thiocarbonyl (C=S) groups is 1. The summed E-state index contributed by atoms with van der Waals surface area (Å²) in [5.41, 5.74) is 5.47. The lowest BCUT2D eigenvalue weighted by Gasteiger charge is -2.21. The van der Waals surface area contributed by atoms with Crippen LogP contribution in [0.25, 0.3) is 0 Å². The Morgan fingerprint density at radius 3 is 2.53 bits per heavy atom. The number of rotatable bonds is 5. The van der Waals surface area contributed by atoms with Crippen molar-refractivity contribution in [3.05, 3.63) is 34.9 Å². The fourth-order valence-corrected chi connectivity index (χ4v) is 1.73. The van der Waals surface area contributed by atoms with Crippen LogP contribution < -0.4 is 5.73 Å². The van der Waals surface area contributed by atoms with E-state index in [2.05, 4.69) is 0 Å². The van der Waals surface area contributed by atoms with Crippen LogP contribution in [0.1, 0.15) is 29.3 Å². The van der Waals surface area contributed by atoms with Gasteiger partial charge in [0.05, 0.1) is 10.6 Å². The predicted molar refractivity (Wildman–Crippen MR) is 74.1 cm³/mol. The molecule has 0 bridgehead atoms. The van der Waals surface area contributed by atoms with Gasteiger partial charge in [-0.1, -0.05) is 12.2 Å². The molecular weight excluding hydrogens is 270 g/mol. The topological polar surface area (TPSA) is 46.3 Å². The lowest BCUT2D eigenvalue weighted by atomic mass is 10.1. The van der Waals surface area contributed by atoms with E-state index in [0.29, 0.717) is 24.5 Å². The zero-order chi connectivity index (χ0) is 14.6. The molecule has 0 saturated heterocycles. The van der Waals surface area contributed by atoms with Crippen molar-refractivity contribution in [1.82, 2.24) is 4.90 Å². The van der Waals surface area contributed by atoms with E-state index in [0.717, 1.165) is 6.07 Å². The Labute approximate surface area is 116 Å². The first-order valence-electron chi connectivity index (χ1n) is 5.90. The normalized spacial score (nSPS) is 10.3. The quantitative estimate of drug-likeness (QED) is 0.846. The number of carbonyl (C=O) groups is 1. The number of carbonyl (C=O) groups excluding carboxylic acids is 1. The van der Waals surface area contributed by atoms with Crippen molar-refractivity contribution in [3.63, 3.8) is 0 Å². The summed E-state index contributed by atoms with van der Waals surface area (Å²) < 4.78 is 26.8. The third-order valence-electron chi connectivity index (χ3n) is 2.78. The molecule has 6 heteroatoms. The monoisotopic (exact) mass is 286 g/mol. The molecule has 0 spiro atoms. The van der Waals surface area contributed by atoms with E-state index in [1.54, 1.807) is 6.92 Å². The van der Waals surface area contributed by atoms with E-state index in [1.807, 2.05) is 0 Å². The van der Waals surface area contributed by atoms with Crippen molar-refractivity contribution >= 4 is 23.1 Å². The second-order valence-corrected chi connectivity index (χ2v) is 4.71. The second-order valence-electron chi connectivity index (χ2n) is 4.18. The van der Waals surface area contributed by atoms with Crippen LogP contribution in [0.4, 0.5) is 8.78 Å². The Morgan fingerprint density at radius 2 is 2.00 bits per heavy atom. The highest BCUT2D eigenvalue weighted by atomic mass is 32.1. The first-order chi connectivity index (χ1) is 8.86. The van der Waals surface area contributed by atoms with E-state index in [4.69, 9.17) is 18.0 Å². The van der Waals surface area contributed by atoms with Crippen molar-refractivity contribution in [3.8, 4) is 0 Å². The highest BCUT2D eigenvalue weighted by Crippen LogP contribution is 2.16. The lowest BCUT2D eigenvalue weighted by Crippen LogP contribution is -2.34. The van der Waals surface area contributed by atoms with Gasteiger partial charge in [0.25, 0.3) is 5.91 Å². The minimum absolute atomic E-state index is 0.135. The van der Waals surface area contributed by atoms with E-state index in [9.17, 15) is 13.6 Å². The van der Waals surface area contributed by atoms with Crippen LogP contribution in [0, 0.1) is 18.6 Å². The molecule has 104 valence electrons. The molecule has 19 heavy (non-hydrogen) atoms. The number of hydrogen-bond donors (Lipinski definition) is 1. The van der Waals surface area contributed by atoms with Crippen LogP contribution in [0.2, 0.25) is 0 Å². The van der Waals surface area contributed by atoms with Gasteiger partial charge in [0, 0.05) is 25.6 Å². The number of aryl methyl sites for hydroxylation is 1. The zero-order valence-electron chi connectivity index (χ0n) is 10.9. The largest absolute Gasteiger partial charge is 0.393 e. The maximum absolute atomic E-state index is 13.6. The third-order valence-corrected chi connectivity index (χ3v) is 2.98. The SMILES string of the molecule is CCN(CCC(N)=S)C(=O)c1cc(C)c(F)cc1F. The molecule has 0 aromatic heterocycles. The number of hydrogen-bond acceptors (Lipinski definition) is 2. The molecular formula is C13H16F2N2OS. The third kappa shape index (κ3) is 3.96. The molecule has 1 aromatic rings. The molecule has 0 radical (unpaired) electrons. The van der Waals surface area contributed by atoms with E-state index in [-0.39, 0.29) is 11.1 Å². The molecule has 0 heterocycles. The van der Waals surface area contributed by atoms with Gasteiger partial charge in [-0.25, -0.2) is 8.78 Å². The van der Waals surface area contributed by atoms with Gasteiger partial charge >= 0.3 is 0 Å². The zero-order valence-corrected chi connectivity index (χ0v) is 11.7. The van der Waals surface area contributed by atoms with Gasteiger partial charge in [-0.05, 0) is 25.5 Å². The average molecular weight is 286 g/mol. The lowest BCUT2D eigenvalue weighted by molar-refractivity contribution is 0.0764.